The van der Waals surface area contributed by atoms with Crippen LogP contribution in [0.3, 0.4) is 0 Å². The van der Waals surface area contributed by atoms with Gasteiger partial charge >= 0.3 is 6.03 Å². The van der Waals surface area contributed by atoms with Gasteiger partial charge in [0.25, 0.3) is 0 Å². The highest BCUT2D eigenvalue weighted by Crippen LogP contribution is 2.42. The molecule has 2 amide bonds. The number of anilines is 1. The van der Waals surface area contributed by atoms with Crippen LogP contribution in [0, 0.1) is 4.77 Å². The number of hydrogen-bond acceptors (Lipinski definition) is 5. The normalized spacial score (nSPS) is 18.0. The van der Waals surface area contributed by atoms with Crippen LogP contribution in [0.4, 0.5) is 10.5 Å². The van der Waals surface area contributed by atoms with E-state index in [9.17, 15) is 9.90 Å². The highest BCUT2D eigenvalue weighted by molar-refractivity contribution is 7.71. The highest BCUT2D eigenvalue weighted by Gasteiger charge is 2.48. The van der Waals surface area contributed by atoms with Crippen LogP contribution in [0.5, 0.6) is 5.75 Å². The standard InChI is InChI=1S/C17H20Cl2N6O2S/c1-4-5-6-20-16(27)24(10-7-11(18)13(26)12(19)8-10)17(3)9(2)22-25-14(17)21-15(28)23-25/h7-8,26H,4-6H2,1-3H3,(H,20,27)(H,23,28). The van der Waals surface area contributed by atoms with E-state index in [1.807, 2.05) is 13.8 Å². The number of carbonyl (C=O) groups excluding carboxylic acids is 1. The van der Waals surface area contributed by atoms with Crippen molar-refractivity contribution in [3.05, 3.63) is 32.8 Å². The smallest absolute Gasteiger partial charge is 0.323 e. The average molecular weight is 443 g/mol. The number of urea groups is 1. The Labute approximate surface area is 177 Å². The van der Waals surface area contributed by atoms with Gasteiger partial charge in [0.2, 0.25) is 4.77 Å². The number of phenols is 1. The third-order valence-electron chi connectivity index (χ3n) is 4.72. The molecule has 0 aliphatic carbocycles. The molecular formula is C17H20Cl2N6O2S. The number of aromatic nitrogens is 3. The second-order valence-electron chi connectivity index (χ2n) is 6.60. The topological polar surface area (TPSA) is 98.5 Å². The van der Waals surface area contributed by atoms with Crippen LogP contribution in [-0.2, 0) is 5.54 Å². The van der Waals surface area contributed by atoms with Crippen LogP contribution >= 0.6 is 35.4 Å². The number of amides is 2. The van der Waals surface area contributed by atoms with Crippen LogP contribution < -0.4 is 10.2 Å². The van der Waals surface area contributed by atoms with Gasteiger partial charge in [0.1, 0.15) is 5.54 Å². The average Bonchev–Trinajstić information content (AvgIpc) is 3.09. The monoisotopic (exact) mass is 442 g/mol. The van der Waals surface area contributed by atoms with Crippen molar-refractivity contribution in [2.45, 2.75) is 39.2 Å². The number of H-pyrrole nitrogens is 1. The fraction of sp³-hybridized carbons (Fsp3) is 0.412. The van der Waals surface area contributed by atoms with Crippen molar-refractivity contribution in [3.8, 4) is 5.75 Å². The molecule has 150 valence electrons. The summed E-state index contributed by atoms with van der Waals surface area (Å²) in [5, 5.41) is 20.2. The van der Waals surface area contributed by atoms with Crippen molar-refractivity contribution in [2.75, 3.05) is 11.4 Å². The number of benzene rings is 1. The van der Waals surface area contributed by atoms with Crippen molar-refractivity contribution in [1.29, 1.82) is 0 Å². The molecular weight excluding hydrogens is 423 g/mol. The minimum atomic E-state index is -1.05. The minimum absolute atomic E-state index is 0.0314. The summed E-state index contributed by atoms with van der Waals surface area (Å²) in [6, 6.07) is 2.58. The lowest BCUT2D eigenvalue weighted by atomic mass is 9.93. The van der Waals surface area contributed by atoms with Crippen molar-refractivity contribution in [3.63, 3.8) is 0 Å². The number of nitrogens with one attached hydrogen (secondary N) is 2. The van der Waals surface area contributed by atoms with Gasteiger partial charge in [-0.25, -0.2) is 4.79 Å². The van der Waals surface area contributed by atoms with E-state index in [0.29, 0.717) is 23.8 Å². The first-order chi connectivity index (χ1) is 13.2. The van der Waals surface area contributed by atoms with Crippen molar-refractivity contribution in [1.82, 2.24) is 20.2 Å². The molecule has 3 rings (SSSR count). The maximum absolute atomic E-state index is 13.2. The Morgan fingerprint density at radius 2 is 2.07 bits per heavy atom. The van der Waals surface area contributed by atoms with Crippen LogP contribution in [-0.4, -0.2) is 38.3 Å². The molecule has 2 aromatic rings. The molecule has 0 bridgehead atoms. The molecule has 1 aliphatic heterocycles. The number of carbonyl (C=O) groups is 1. The van der Waals surface area contributed by atoms with E-state index in [1.54, 1.807) is 6.92 Å². The maximum Gasteiger partial charge on any atom is 0.323 e. The van der Waals surface area contributed by atoms with Gasteiger partial charge in [-0.2, -0.15) is 14.9 Å². The summed E-state index contributed by atoms with van der Waals surface area (Å²) < 4.78 is 0.255. The lowest BCUT2D eigenvalue weighted by Gasteiger charge is -2.37. The minimum Gasteiger partial charge on any atom is -0.505 e. The summed E-state index contributed by atoms with van der Waals surface area (Å²) in [5.41, 5.74) is -0.0403. The Bertz CT molecular complexity index is 994. The molecule has 0 fully saturated rings. The molecule has 0 radical (unpaired) electrons. The van der Waals surface area contributed by atoms with Gasteiger partial charge in [-0.05, 0) is 44.6 Å². The fourth-order valence-electron chi connectivity index (χ4n) is 3.08. The van der Waals surface area contributed by atoms with E-state index in [1.165, 1.54) is 21.8 Å². The third kappa shape index (κ3) is 3.38. The zero-order chi connectivity index (χ0) is 20.6. The molecule has 1 aromatic carbocycles. The van der Waals surface area contributed by atoms with Gasteiger partial charge in [0.05, 0.1) is 21.4 Å². The van der Waals surface area contributed by atoms with Gasteiger partial charge in [-0.1, -0.05) is 36.5 Å². The summed E-state index contributed by atoms with van der Waals surface area (Å²) in [4.78, 5) is 20.5. The van der Waals surface area contributed by atoms with Crippen LogP contribution in [0.25, 0.3) is 0 Å². The van der Waals surface area contributed by atoms with Crippen molar-refractivity contribution >= 4 is 52.8 Å². The first-order valence-electron chi connectivity index (χ1n) is 8.71. The van der Waals surface area contributed by atoms with Gasteiger partial charge in [-0.15, -0.1) is 0 Å². The van der Waals surface area contributed by atoms with E-state index >= 15 is 0 Å². The predicted octanol–water partition coefficient (Wildman–Crippen LogP) is 4.42. The Hall–Kier alpha value is -2.10. The van der Waals surface area contributed by atoms with Gasteiger partial charge in [-0.3, -0.25) is 10.00 Å². The molecule has 0 saturated carbocycles. The zero-order valence-electron chi connectivity index (χ0n) is 15.6. The molecule has 2 heterocycles. The quantitative estimate of drug-likeness (QED) is 0.471. The molecule has 1 aromatic heterocycles. The summed E-state index contributed by atoms with van der Waals surface area (Å²) in [6.45, 7) is 6.15. The highest BCUT2D eigenvalue weighted by atomic mass is 35.5. The van der Waals surface area contributed by atoms with E-state index in [2.05, 4.69) is 20.5 Å². The SMILES string of the molecule is CCCCNC(=O)N(c1cc(Cl)c(O)c(Cl)c1)C1(C)C(C)=Nn2[nH]c(=S)nc21. The number of nitrogens with zero attached hydrogens (tertiary/aromatic N) is 4. The van der Waals surface area contributed by atoms with E-state index in [0.717, 1.165) is 12.8 Å². The summed E-state index contributed by atoms with van der Waals surface area (Å²) in [5.74, 6) is 0.212. The first kappa shape index (κ1) is 20.6. The largest absolute Gasteiger partial charge is 0.505 e. The Kier molecular flexibility index (Phi) is 5.69. The second kappa shape index (κ2) is 7.73. The number of aromatic amines is 1. The third-order valence-corrected chi connectivity index (χ3v) is 5.48. The molecule has 3 N–H and O–H groups in total. The van der Waals surface area contributed by atoms with E-state index in [-0.39, 0.29) is 26.6 Å². The molecule has 0 spiro atoms. The van der Waals surface area contributed by atoms with Crippen LogP contribution in [0.15, 0.2) is 17.2 Å². The second-order valence-corrected chi connectivity index (χ2v) is 7.80. The Balaban J connectivity index is 2.16. The van der Waals surface area contributed by atoms with Crippen LogP contribution in [0.1, 0.15) is 39.4 Å². The van der Waals surface area contributed by atoms with Gasteiger partial charge in [0, 0.05) is 6.54 Å². The van der Waals surface area contributed by atoms with Crippen molar-refractivity contribution in [2.24, 2.45) is 5.10 Å². The number of fused-ring (bicyclic) bond motifs is 1. The lowest BCUT2D eigenvalue weighted by molar-refractivity contribution is 0.242. The number of hydrogen-bond donors (Lipinski definition) is 3. The molecule has 1 unspecified atom stereocenters. The molecule has 1 aliphatic rings. The van der Waals surface area contributed by atoms with Crippen molar-refractivity contribution < 1.29 is 9.90 Å². The molecule has 1 atom stereocenters. The molecule has 28 heavy (non-hydrogen) atoms. The number of unbranched alkanes of at least 4 members (excludes halogenated alkanes) is 1. The fourth-order valence-corrected chi connectivity index (χ4v) is 3.73. The zero-order valence-corrected chi connectivity index (χ0v) is 17.9. The molecule has 0 saturated heterocycles. The number of halogens is 2. The van der Waals surface area contributed by atoms with Gasteiger partial charge in [0.15, 0.2) is 11.6 Å². The summed E-state index contributed by atoms with van der Waals surface area (Å²) in [7, 11) is 0. The van der Waals surface area contributed by atoms with Gasteiger partial charge < -0.3 is 10.4 Å². The number of aromatic hydroxyl groups is 1. The number of phenolic OH excluding ortho intramolecular Hbond substituents is 1. The summed E-state index contributed by atoms with van der Waals surface area (Å²) in [6.07, 6.45) is 1.77. The maximum atomic E-state index is 13.2. The number of rotatable bonds is 5. The summed E-state index contributed by atoms with van der Waals surface area (Å²) >= 11 is 17.4. The lowest BCUT2D eigenvalue weighted by Crippen LogP contribution is -2.55. The Morgan fingerprint density at radius 3 is 2.68 bits per heavy atom. The molecule has 11 heteroatoms. The van der Waals surface area contributed by atoms with Crippen LogP contribution in [0.2, 0.25) is 10.0 Å². The van der Waals surface area contributed by atoms with E-state index < -0.39 is 5.54 Å². The Morgan fingerprint density at radius 1 is 1.43 bits per heavy atom. The first-order valence-corrected chi connectivity index (χ1v) is 9.88. The molecule has 8 nitrogen and oxygen atoms in total. The van der Waals surface area contributed by atoms with E-state index in [4.69, 9.17) is 35.4 Å². The predicted molar refractivity (Wildman–Crippen MR) is 112 cm³/mol.